The first kappa shape index (κ1) is 11.9. The highest BCUT2D eigenvalue weighted by Gasteiger charge is 2.13. The van der Waals surface area contributed by atoms with E-state index in [-0.39, 0.29) is 0 Å². The van der Waals surface area contributed by atoms with Crippen LogP contribution in [0.5, 0.6) is 0 Å². The lowest BCUT2D eigenvalue weighted by Gasteiger charge is -2.27. The Hall–Kier alpha value is -1.06. The molecular weight excluding hydrogens is 162 g/mol. The Bertz CT molecular complexity index is 199. The molecular formula is C10H17N3. The number of nitriles is 2. The minimum Gasteiger partial charge on any atom is -0.299 e. The monoisotopic (exact) mass is 179 g/mol. The summed E-state index contributed by atoms with van der Waals surface area (Å²) in [5.74, 6) is 0. The second kappa shape index (κ2) is 7.58. The molecule has 1 atom stereocenters. The molecule has 0 aliphatic carbocycles. The lowest BCUT2D eigenvalue weighted by molar-refractivity contribution is 0.207. The van der Waals surface area contributed by atoms with Crippen LogP contribution in [-0.4, -0.2) is 24.0 Å². The van der Waals surface area contributed by atoms with E-state index >= 15 is 0 Å². The van der Waals surface area contributed by atoms with Crippen molar-refractivity contribution in [2.75, 3.05) is 13.1 Å². The van der Waals surface area contributed by atoms with Gasteiger partial charge in [0, 0.05) is 19.0 Å². The molecule has 0 spiro atoms. The number of hydrogen-bond donors (Lipinski definition) is 0. The second-order valence-electron chi connectivity index (χ2n) is 2.96. The molecule has 0 aromatic heterocycles. The highest BCUT2D eigenvalue weighted by molar-refractivity contribution is 4.83. The van der Waals surface area contributed by atoms with Gasteiger partial charge in [-0.15, -0.1) is 0 Å². The quantitative estimate of drug-likeness (QED) is 0.626. The summed E-state index contributed by atoms with van der Waals surface area (Å²) in [6.07, 6.45) is 2.10. The van der Waals surface area contributed by atoms with Gasteiger partial charge in [-0.1, -0.05) is 13.8 Å². The maximum absolute atomic E-state index is 8.60. The van der Waals surface area contributed by atoms with E-state index in [1.165, 1.54) is 0 Å². The van der Waals surface area contributed by atoms with E-state index in [1.54, 1.807) is 0 Å². The van der Waals surface area contributed by atoms with Gasteiger partial charge in [0.25, 0.3) is 0 Å². The van der Waals surface area contributed by atoms with Crippen molar-refractivity contribution in [2.24, 2.45) is 0 Å². The van der Waals surface area contributed by atoms with Gasteiger partial charge in [-0.2, -0.15) is 10.5 Å². The van der Waals surface area contributed by atoms with Gasteiger partial charge in [0.15, 0.2) is 0 Å². The van der Waals surface area contributed by atoms with Crippen LogP contribution in [0.4, 0.5) is 0 Å². The predicted molar refractivity (Wildman–Crippen MR) is 51.8 cm³/mol. The molecule has 1 unspecified atom stereocenters. The Balaban J connectivity index is 4.03. The van der Waals surface area contributed by atoms with Crippen LogP contribution in [0.1, 0.15) is 33.1 Å². The molecule has 72 valence electrons. The topological polar surface area (TPSA) is 50.8 Å². The van der Waals surface area contributed by atoms with Crippen LogP contribution < -0.4 is 0 Å². The van der Waals surface area contributed by atoms with Gasteiger partial charge in [0.2, 0.25) is 0 Å². The summed E-state index contributed by atoms with van der Waals surface area (Å²) in [6.45, 7) is 5.85. The molecule has 0 radical (unpaired) electrons. The fraction of sp³-hybridized carbons (Fsp3) is 0.800. The Labute approximate surface area is 80.6 Å². The van der Waals surface area contributed by atoms with Gasteiger partial charge < -0.3 is 0 Å². The third-order valence-electron chi connectivity index (χ3n) is 2.23. The van der Waals surface area contributed by atoms with Crippen molar-refractivity contribution in [3.63, 3.8) is 0 Å². The van der Waals surface area contributed by atoms with Crippen molar-refractivity contribution in [1.29, 1.82) is 10.5 Å². The fourth-order valence-electron chi connectivity index (χ4n) is 1.43. The Kier molecular flexibility index (Phi) is 6.96. The van der Waals surface area contributed by atoms with Crippen LogP contribution in [0.15, 0.2) is 0 Å². The van der Waals surface area contributed by atoms with E-state index in [9.17, 15) is 0 Å². The van der Waals surface area contributed by atoms with Gasteiger partial charge in [-0.3, -0.25) is 4.90 Å². The zero-order valence-electron chi connectivity index (χ0n) is 8.45. The van der Waals surface area contributed by atoms with Crippen molar-refractivity contribution in [2.45, 2.75) is 39.2 Å². The van der Waals surface area contributed by atoms with Gasteiger partial charge in [-0.25, -0.2) is 0 Å². The van der Waals surface area contributed by atoms with E-state index < -0.39 is 0 Å². The summed E-state index contributed by atoms with van der Waals surface area (Å²) < 4.78 is 0. The van der Waals surface area contributed by atoms with E-state index in [4.69, 9.17) is 10.5 Å². The lowest BCUT2D eigenvalue weighted by Crippen LogP contribution is -2.35. The van der Waals surface area contributed by atoms with Crippen LogP contribution in [0.2, 0.25) is 0 Å². The summed E-state index contributed by atoms with van der Waals surface area (Å²) in [5, 5.41) is 17.0. The molecule has 0 aliphatic rings. The average molecular weight is 179 g/mol. The fourth-order valence-corrected chi connectivity index (χ4v) is 1.43. The van der Waals surface area contributed by atoms with Crippen LogP contribution in [-0.2, 0) is 0 Å². The zero-order valence-corrected chi connectivity index (χ0v) is 8.45. The van der Waals surface area contributed by atoms with Gasteiger partial charge in [0.05, 0.1) is 18.6 Å². The number of hydrogen-bond acceptors (Lipinski definition) is 3. The standard InChI is InChI=1S/C10H17N3/c1-3-10(6-8-12)13(4-2)9-5-7-11/h10H,3-6,9H2,1-2H3. The normalized spacial score (nSPS) is 12.1. The molecule has 0 fully saturated rings. The molecule has 0 saturated heterocycles. The van der Waals surface area contributed by atoms with Crippen LogP contribution in [0.3, 0.4) is 0 Å². The summed E-state index contributed by atoms with van der Waals surface area (Å²) in [4.78, 5) is 2.20. The van der Waals surface area contributed by atoms with Crippen LogP contribution >= 0.6 is 0 Å². The van der Waals surface area contributed by atoms with Gasteiger partial charge in [0.1, 0.15) is 0 Å². The molecule has 0 heterocycles. The van der Waals surface area contributed by atoms with E-state index in [0.717, 1.165) is 19.5 Å². The van der Waals surface area contributed by atoms with Crippen molar-refractivity contribution in [3.8, 4) is 12.1 Å². The van der Waals surface area contributed by atoms with Crippen molar-refractivity contribution < 1.29 is 0 Å². The average Bonchev–Trinajstić information content (AvgIpc) is 2.17. The first-order valence-electron chi connectivity index (χ1n) is 4.78. The second-order valence-corrected chi connectivity index (χ2v) is 2.96. The summed E-state index contributed by atoms with van der Waals surface area (Å²) >= 11 is 0. The summed E-state index contributed by atoms with van der Waals surface area (Å²) in [6, 6.07) is 4.64. The third kappa shape index (κ3) is 4.50. The minimum absolute atomic E-state index is 0.323. The first-order chi connectivity index (χ1) is 6.29. The Morgan fingerprint density at radius 2 is 1.92 bits per heavy atom. The van der Waals surface area contributed by atoms with Crippen molar-refractivity contribution in [3.05, 3.63) is 0 Å². The molecule has 0 aromatic carbocycles. The van der Waals surface area contributed by atoms with Crippen LogP contribution in [0.25, 0.3) is 0 Å². The highest BCUT2D eigenvalue weighted by atomic mass is 15.1. The molecule has 0 amide bonds. The SMILES string of the molecule is CCC(CC#N)N(CC)CCC#N. The number of nitrogens with zero attached hydrogens (tertiary/aromatic N) is 3. The van der Waals surface area contributed by atoms with Gasteiger partial charge in [-0.05, 0) is 13.0 Å². The van der Waals surface area contributed by atoms with E-state index in [2.05, 4.69) is 30.9 Å². The molecule has 0 aromatic rings. The molecule has 0 N–H and O–H groups in total. The maximum Gasteiger partial charge on any atom is 0.0638 e. The van der Waals surface area contributed by atoms with Crippen molar-refractivity contribution >= 4 is 0 Å². The summed E-state index contributed by atoms with van der Waals surface area (Å²) in [5.41, 5.74) is 0. The van der Waals surface area contributed by atoms with Crippen LogP contribution in [0, 0.1) is 22.7 Å². The third-order valence-corrected chi connectivity index (χ3v) is 2.23. The Morgan fingerprint density at radius 3 is 2.31 bits per heavy atom. The maximum atomic E-state index is 8.60. The minimum atomic E-state index is 0.323. The van der Waals surface area contributed by atoms with E-state index in [1.807, 2.05) is 0 Å². The molecule has 3 nitrogen and oxygen atoms in total. The molecule has 0 bridgehead atoms. The smallest absolute Gasteiger partial charge is 0.0638 e. The molecule has 0 aliphatic heterocycles. The predicted octanol–water partition coefficient (Wildman–Crippen LogP) is 1.91. The largest absolute Gasteiger partial charge is 0.299 e. The lowest BCUT2D eigenvalue weighted by atomic mass is 10.1. The summed E-state index contributed by atoms with van der Waals surface area (Å²) in [7, 11) is 0. The first-order valence-corrected chi connectivity index (χ1v) is 4.78. The Morgan fingerprint density at radius 1 is 1.23 bits per heavy atom. The van der Waals surface area contributed by atoms with E-state index in [0.29, 0.717) is 18.9 Å². The zero-order chi connectivity index (χ0) is 10.1. The van der Waals surface area contributed by atoms with Gasteiger partial charge >= 0.3 is 0 Å². The van der Waals surface area contributed by atoms with Crippen molar-refractivity contribution in [1.82, 2.24) is 4.90 Å². The molecule has 13 heavy (non-hydrogen) atoms. The molecule has 0 rings (SSSR count). The molecule has 0 saturated carbocycles. The highest BCUT2D eigenvalue weighted by Crippen LogP contribution is 2.08. The molecule has 3 heteroatoms. The number of rotatable bonds is 6.